The van der Waals surface area contributed by atoms with Crippen LogP contribution >= 0.6 is 0 Å². The van der Waals surface area contributed by atoms with Gasteiger partial charge in [-0.05, 0) is 41.7 Å². The molecule has 0 saturated heterocycles. The maximum absolute atomic E-state index is 13.4. The number of nitro groups is 1. The topological polar surface area (TPSA) is 80.5 Å². The Morgan fingerprint density at radius 1 is 0.969 bits per heavy atom. The smallest absolute Gasteiger partial charge is 0.271 e. The predicted octanol–water partition coefficient (Wildman–Crippen LogP) is 5.58. The predicted molar refractivity (Wildman–Crippen MR) is 123 cm³/mol. The zero-order chi connectivity index (χ0) is 22.4. The third-order valence-corrected chi connectivity index (χ3v) is 6.50. The van der Waals surface area contributed by atoms with Crippen LogP contribution < -0.4 is 4.90 Å². The van der Waals surface area contributed by atoms with E-state index in [9.17, 15) is 19.7 Å². The maximum Gasteiger partial charge on any atom is 0.271 e. The number of amides is 1. The third kappa shape index (κ3) is 3.28. The highest BCUT2D eigenvalue weighted by atomic mass is 16.6. The third-order valence-electron chi connectivity index (χ3n) is 6.50. The zero-order valence-corrected chi connectivity index (χ0v) is 17.7. The number of benzene rings is 3. The fourth-order valence-electron chi connectivity index (χ4n) is 4.93. The van der Waals surface area contributed by atoms with Gasteiger partial charge in [-0.15, -0.1) is 0 Å². The standard InChI is InChI=1S/C26H22N2O4/c1-16-9-12-20(28(31)32)14-23(16)27-22-7-4-8-24(29)26(22)21(15-25(27)30)19-11-10-17-5-2-3-6-18(17)13-19/h2-3,5-6,9-14,21H,4,7-8,15H2,1H3. The van der Waals surface area contributed by atoms with E-state index in [0.29, 0.717) is 36.2 Å². The summed E-state index contributed by atoms with van der Waals surface area (Å²) >= 11 is 0. The molecule has 160 valence electrons. The molecule has 3 aromatic rings. The average molecular weight is 426 g/mol. The Balaban J connectivity index is 1.67. The van der Waals surface area contributed by atoms with Crippen molar-refractivity contribution in [1.29, 1.82) is 0 Å². The van der Waals surface area contributed by atoms with Gasteiger partial charge in [-0.2, -0.15) is 0 Å². The average Bonchev–Trinajstić information content (AvgIpc) is 2.79. The first-order valence-electron chi connectivity index (χ1n) is 10.8. The number of fused-ring (bicyclic) bond motifs is 1. The first-order valence-corrected chi connectivity index (χ1v) is 10.8. The molecule has 1 unspecified atom stereocenters. The van der Waals surface area contributed by atoms with Crippen molar-refractivity contribution < 1.29 is 14.5 Å². The van der Waals surface area contributed by atoms with Crippen LogP contribution in [0.15, 0.2) is 71.9 Å². The number of Topliss-reactive ketones (excluding diaryl/α,β-unsaturated/α-hetero) is 1. The number of nitro benzene ring substituents is 1. The Bertz CT molecular complexity index is 1320. The van der Waals surface area contributed by atoms with Crippen molar-refractivity contribution in [1.82, 2.24) is 0 Å². The summed E-state index contributed by atoms with van der Waals surface area (Å²) in [6.45, 7) is 1.83. The molecule has 1 amide bonds. The largest absolute Gasteiger partial charge is 0.294 e. The second-order valence-corrected chi connectivity index (χ2v) is 8.46. The fourth-order valence-corrected chi connectivity index (χ4v) is 4.93. The van der Waals surface area contributed by atoms with Gasteiger partial charge in [-0.3, -0.25) is 24.6 Å². The molecule has 2 aliphatic rings. The van der Waals surface area contributed by atoms with Gasteiger partial charge in [-0.25, -0.2) is 0 Å². The molecule has 32 heavy (non-hydrogen) atoms. The number of anilines is 1. The number of carbonyl (C=O) groups is 2. The van der Waals surface area contributed by atoms with Crippen LogP contribution in [0.3, 0.4) is 0 Å². The minimum Gasteiger partial charge on any atom is -0.294 e. The van der Waals surface area contributed by atoms with Crippen LogP contribution in [0.4, 0.5) is 11.4 Å². The molecular formula is C26H22N2O4. The lowest BCUT2D eigenvalue weighted by Gasteiger charge is -2.38. The summed E-state index contributed by atoms with van der Waals surface area (Å²) in [6, 6.07) is 18.6. The van der Waals surface area contributed by atoms with Gasteiger partial charge in [0.05, 0.1) is 10.6 Å². The summed E-state index contributed by atoms with van der Waals surface area (Å²) in [7, 11) is 0. The first-order chi connectivity index (χ1) is 15.4. The molecule has 1 aliphatic heterocycles. The van der Waals surface area contributed by atoms with E-state index in [1.165, 1.54) is 12.1 Å². The van der Waals surface area contributed by atoms with Gasteiger partial charge in [0.15, 0.2) is 5.78 Å². The Kier molecular flexibility index (Phi) is 4.85. The summed E-state index contributed by atoms with van der Waals surface area (Å²) in [5.74, 6) is -0.379. The highest BCUT2D eigenvalue weighted by Crippen LogP contribution is 2.44. The van der Waals surface area contributed by atoms with Gasteiger partial charge >= 0.3 is 0 Å². The zero-order valence-electron chi connectivity index (χ0n) is 17.7. The van der Waals surface area contributed by atoms with E-state index in [0.717, 1.165) is 21.9 Å². The quantitative estimate of drug-likeness (QED) is 0.404. The molecule has 0 N–H and O–H groups in total. The van der Waals surface area contributed by atoms with Gasteiger partial charge in [0, 0.05) is 42.2 Å². The Morgan fingerprint density at radius 2 is 1.75 bits per heavy atom. The maximum atomic E-state index is 13.4. The van der Waals surface area contributed by atoms with Crippen LogP contribution in [0.1, 0.15) is 42.7 Å². The number of aryl methyl sites for hydroxylation is 1. The lowest BCUT2D eigenvalue weighted by atomic mass is 9.76. The van der Waals surface area contributed by atoms with E-state index < -0.39 is 4.92 Å². The van der Waals surface area contributed by atoms with E-state index in [1.807, 2.05) is 43.3 Å². The Morgan fingerprint density at radius 3 is 2.53 bits per heavy atom. The van der Waals surface area contributed by atoms with Crippen LogP contribution in [0.25, 0.3) is 10.8 Å². The highest BCUT2D eigenvalue weighted by molar-refractivity contribution is 6.08. The Labute approximate surface area is 185 Å². The van der Waals surface area contributed by atoms with Crippen molar-refractivity contribution in [2.75, 3.05) is 4.90 Å². The minimum atomic E-state index is -0.462. The molecule has 0 saturated carbocycles. The van der Waals surface area contributed by atoms with Gasteiger partial charge < -0.3 is 0 Å². The normalized spacial score (nSPS) is 18.8. The summed E-state index contributed by atoms with van der Waals surface area (Å²) in [4.78, 5) is 39.0. The highest BCUT2D eigenvalue weighted by Gasteiger charge is 2.40. The molecule has 0 bridgehead atoms. The molecule has 6 heteroatoms. The molecule has 1 aliphatic carbocycles. The lowest BCUT2D eigenvalue weighted by molar-refractivity contribution is -0.384. The van der Waals surface area contributed by atoms with Crippen molar-refractivity contribution in [2.45, 2.75) is 38.5 Å². The monoisotopic (exact) mass is 426 g/mol. The van der Waals surface area contributed by atoms with Crippen molar-refractivity contribution in [3.05, 3.63) is 93.2 Å². The first kappa shape index (κ1) is 20.1. The van der Waals surface area contributed by atoms with Crippen molar-refractivity contribution in [2.24, 2.45) is 0 Å². The molecule has 0 spiro atoms. The second kappa shape index (κ2) is 7.71. The molecule has 0 aromatic heterocycles. The van der Waals surface area contributed by atoms with Crippen LogP contribution in [0.5, 0.6) is 0 Å². The van der Waals surface area contributed by atoms with E-state index in [-0.39, 0.29) is 29.7 Å². The molecule has 0 fully saturated rings. The van der Waals surface area contributed by atoms with Crippen molar-refractivity contribution in [3.63, 3.8) is 0 Å². The Hall–Kier alpha value is -3.80. The van der Waals surface area contributed by atoms with Gasteiger partial charge in [0.2, 0.25) is 5.91 Å². The van der Waals surface area contributed by atoms with Gasteiger partial charge in [0.1, 0.15) is 0 Å². The van der Waals surface area contributed by atoms with Crippen LogP contribution in [0.2, 0.25) is 0 Å². The van der Waals surface area contributed by atoms with Crippen LogP contribution in [-0.2, 0) is 9.59 Å². The molecule has 1 atom stereocenters. The number of hydrogen-bond donors (Lipinski definition) is 0. The number of allylic oxidation sites excluding steroid dienone is 2. The van der Waals surface area contributed by atoms with Crippen molar-refractivity contribution >= 4 is 33.8 Å². The number of rotatable bonds is 3. The molecule has 5 rings (SSSR count). The van der Waals surface area contributed by atoms with Crippen LogP contribution in [0, 0.1) is 17.0 Å². The fraction of sp³-hybridized carbons (Fsp3) is 0.231. The number of non-ortho nitro benzene ring substituents is 1. The van der Waals surface area contributed by atoms with Crippen molar-refractivity contribution in [3.8, 4) is 0 Å². The lowest BCUT2D eigenvalue weighted by Crippen LogP contribution is -2.40. The molecular weight excluding hydrogens is 404 g/mol. The number of nitrogens with zero attached hydrogens (tertiary/aromatic N) is 2. The number of hydrogen-bond acceptors (Lipinski definition) is 4. The molecule has 6 nitrogen and oxygen atoms in total. The molecule has 0 radical (unpaired) electrons. The summed E-state index contributed by atoms with van der Waals surface area (Å²) < 4.78 is 0. The van der Waals surface area contributed by atoms with Gasteiger partial charge in [0.25, 0.3) is 5.69 Å². The second-order valence-electron chi connectivity index (χ2n) is 8.46. The summed E-state index contributed by atoms with van der Waals surface area (Å²) in [6.07, 6.45) is 1.88. The molecule has 1 heterocycles. The van der Waals surface area contributed by atoms with Gasteiger partial charge in [-0.1, -0.05) is 48.5 Å². The SMILES string of the molecule is Cc1ccc([N+](=O)[O-])cc1N1C(=O)CC(c2ccc3ccccc3c2)C2=C1CCCC2=O. The van der Waals surface area contributed by atoms with E-state index in [4.69, 9.17) is 0 Å². The van der Waals surface area contributed by atoms with E-state index in [1.54, 1.807) is 11.0 Å². The van der Waals surface area contributed by atoms with E-state index >= 15 is 0 Å². The summed E-state index contributed by atoms with van der Waals surface area (Å²) in [5, 5.41) is 13.5. The number of ketones is 1. The summed E-state index contributed by atoms with van der Waals surface area (Å²) in [5.41, 5.74) is 3.51. The number of carbonyl (C=O) groups excluding carboxylic acids is 2. The van der Waals surface area contributed by atoms with Crippen LogP contribution in [-0.4, -0.2) is 16.6 Å². The minimum absolute atomic E-state index is 0.0602. The molecule has 3 aromatic carbocycles. The van der Waals surface area contributed by atoms with E-state index in [2.05, 4.69) is 6.07 Å².